The minimum absolute atomic E-state index is 0.791. The number of hydrogen-bond acceptors (Lipinski definition) is 0. The van der Waals surface area contributed by atoms with Gasteiger partial charge in [0.15, 0.2) is 0 Å². The molecule has 0 aliphatic heterocycles. The molecule has 0 saturated heterocycles. The fourth-order valence-corrected chi connectivity index (χ4v) is 3.00. The summed E-state index contributed by atoms with van der Waals surface area (Å²) in [4.78, 5) is 0. The van der Waals surface area contributed by atoms with E-state index in [9.17, 15) is 0 Å². The summed E-state index contributed by atoms with van der Waals surface area (Å²) in [5.41, 5.74) is 0.791. The quantitative estimate of drug-likeness (QED) is 0.430. The molecule has 4 atom stereocenters. The Balaban J connectivity index is 2.12. The van der Waals surface area contributed by atoms with Crippen molar-refractivity contribution in [2.45, 2.75) is 19.8 Å². The minimum atomic E-state index is 0.791. The van der Waals surface area contributed by atoms with E-state index in [0.29, 0.717) is 0 Å². The molecule has 0 amide bonds. The number of allylic oxidation sites excluding steroid dienone is 2. The van der Waals surface area contributed by atoms with E-state index in [2.05, 4.69) is 19.1 Å². The lowest BCUT2D eigenvalue weighted by Gasteiger charge is -2.11. The van der Waals surface area contributed by atoms with Crippen molar-refractivity contribution in [2.75, 3.05) is 0 Å². The Kier molecular flexibility index (Phi) is 0.505. The molecule has 0 aromatic heterocycles. The van der Waals surface area contributed by atoms with Gasteiger partial charge in [-0.2, -0.15) is 0 Å². The fraction of sp³-hybridized carbons (Fsp3) is 0.778. The van der Waals surface area contributed by atoms with Gasteiger partial charge in [-0.15, -0.1) is 0 Å². The molecule has 0 spiro atoms. The van der Waals surface area contributed by atoms with Crippen LogP contribution < -0.4 is 0 Å². The van der Waals surface area contributed by atoms with E-state index in [1.165, 1.54) is 12.8 Å². The highest BCUT2D eigenvalue weighted by Gasteiger charge is 2.64. The number of fused-ring (bicyclic) bond motifs is 5. The molecule has 0 heteroatoms. The van der Waals surface area contributed by atoms with Gasteiger partial charge in [-0.1, -0.05) is 19.1 Å². The van der Waals surface area contributed by atoms with Crippen molar-refractivity contribution in [1.82, 2.24) is 0 Å². The molecular formula is C9H12. The lowest BCUT2D eigenvalue weighted by Crippen LogP contribution is -2.04. The zero-order valence-electron chi connectivity index (χ0n) is 5.80. The molecule has 9 heavy (non-hydrogen) atoms. The van der Waals surface area contributed by atoms with Gasteiger partial charge in [0.1, 0.15) is 0 Å². The molecular weight excluding hydrogens is 108 g/mol. The van der Waals surface area contributed by atoms with E-state index in [-0.39, 0.29) is 0 Å². The van der Waals surface area contributed by atoms with Crippen LogP contribution in [0.25, 0.3) is 0 Å². The first-order valence-electron chi connectivity index (χ1n) is 3.99. The highest BCUT2D eigenvalue weighted by Crippen LogP contribution is 2.71. The average Bonchev–Trinajstić information content (AvgIpc) is 2.34. The first kappa shape index (κ1) is 4.54. The van der Waals surface area contributed by atoms with Crippen LogP contribution >= 0.6 is 0 Å². The Morgan fingerprint density at radius 3 is 2.78 bits per heavy atom. The second-order valence-electron chi connectivity index (χ2n) is 4.21. The highest BCUT2D eigenvalue weighted by molar-refractivity contribution is 5.25. The van der Waals surface area contributed by atoms with Gasteiger partial charge in [0.05, 0.1) is 0 Å². The normalized spacial score (nSPS) is 66.6. The van der Waals surface area contributed by atoms with Crippen molar-refractivity contribution in [3.05, 3.63) is 12.2 Å². The van der Waals surface area contributed by atoms with E-state index in [1.54, 1.807) is 0 Å². The van der Waals surface area contributed by atoms with Gasteiger partial charge >= 0.3 is 0 Å². The SMILES string of the molecule is C[C@]12C[C@H]1[C@@H]1C=C[C@H]2C1. The van der Waals surface area contributed by atoms with Crippen LogP contribution in [0.2, 0.25) is 0 Å². The molecule has 48 valence electrons. The summed E-state index contributed by atoms with van der Waals surface area (Å²) >= 11 is 0. The van der Waals surface area contributed by atoms with E-state index in [4.69, 9.17) is 0 Å². The minimum Gasteiger partial charge on any atom is -0.0848 e. The van der Waals surface area contributed by atoms with Crippen LogP contribution in [0.1, 0.15) is 19.8 Å². The maximum absolute atomic E-state index is 2.46. The highest BCUT2D eigenvalue weighted by atomic mass is 14.7. The maximum Gasteiger partial charge on any atom is -0.0171 e. The summed E-state index contributed by atoms with van der Waals surface area (Å²) in [7, 11) is 0. The second-order valence-corrected chi connectivity index (χ2v) is 4.21. The van der Waals surface area contributed by atoms with Crippen molar-refractivity contribution in [2.24, 2.45) is 23.2 Å². The zero-order chi connectivity index (χ0) is 6.06. The van der Waals surface area contributed by atoms with Gasteiger partial charge in [-0.3, -0.25) is 0 Å². The number of hydrogen-bond donors (Lipinski definition) is 0. The summed E-state index contributed by atoms with van der Waals surface area (Å²) < 4.78 is 0. The van der Waals surface area contributed by atoms with Crippen LogP contribution in [0.5, 0.6) is 0 Å². The first-order chi connectivity index (χ1) is 4.31. The Morgan fingerprint density at radius 2 is 2.33 bits per heavy atom. The predicted molar refractivity (Wildman–Crippen MR) is 37.0 cm³/mol. The van der Waals surface area contributed by atoms with Crippen LogP contribution in [-0.4, -0.2) is 0 Å². The summed E-state index contributed by atoms with van der Waals surface area (Å²) in [5, 5.41) is 0. The summed E-state index contributed by atoms with van der Waals surface area (Å²) in [6.45, 7) is 2.46. The third-order valence-electron chi connectivity index (χ3n) is 3.83. The lowest BCUT2D eigenvalue weighted by molar-refractivity contribution is 0.437. The van der Waals surface area contributed by atoms with E-state index < -0.39 is 0 Å². The molecule has 2 saturated carbocycles. The van der Waals surface area contributed by atoms with E-state index in [1.807, 2.05) is 0 Å². The van der Waals surface area contributed by atoms with Gasteiger partial charge in [0.25, 0.3) is 0 Å². The standard InChI is InChI=1S/C9H12/c1-9-5-8(9)6-2-3-7(9)4-6/h2-3,6-8H,4-5H2,1H3/t6-,7+,8+,9-/m1/s1. The predicted octanol–water partition coefficient (Wildman–Crippen LogP) is 2.22. The van der Waals surface area contributed by atoms with Crippen molar-refractivity contribution < 1.29 is 0 Å². The summed E-state index contributed by atoms with van der Waals surface area (Å²) in [6, 6.07) is 0. The molecule has 0 radical (unpaired) electrons. The fourth-order valence-electron chi connectivity index (χ4n) is 3.00. The molecule has 3 rings (SSSR count). The van der Waals surface area contributed by atoms with Crippen molar-refractivity contribution >= 4 is 0 Å². The molecule has 0 aromatic rings. The summed E-state index contributed by atoms with van der Waals surface area (Å²) in [6.07, 6.45) is 7.91. The topological polar surface area (TPSA) is 0 Å². The molecule has 3 aliphatic carbocycles. The van der Waals surface area contributed by atoms with Crippen LogP contribution in [-0.2, 0) is 0 Å². The Hall–Kier alpha value is -0.260. The Labute approximate surface area is 56.0 Å². The van der Waals surface area contributed by atoms with E-state index >= 15 is 0 Å². The zero-order valence-corrected chi connectivity index (χ0v) is 5.80. The lowest BCUT2D eigenvalue weighted by atomic mass is 9.93. The molecule has 0 N–H and O–H groups in total. The van der Waals surface area contributed by atoms with Crippen LogP contribution in [0.4, 0.5) is 0 Å². The first-order valence-corrected chi connectivity index (χ1v) is 3.99. The molecule has 0 unspecified atom stereocenters. The monoisotopic (exact) mass is 120 g/mol. The smallest absolute Gasteiger partial charge is 0.0171 e. The summed E-state index contributed by atoms with van der Waals surface area (Å²) in [5.74, 6) is 3.08. The second kappa shape index (κ2) is 1.00. The molecule has 2 fully saturated rings. The molecule has 0 aromatic carbocycles. The Morgan fingerprint density at radius 1 is 1.44 bits per heavy atom. The van der Waals surface area contributed by atoms with Crippen molar-refractivity contribution in [1.29, 1.82) is 0 Å². The number of rotatable bonds is 0. The third kappa shape index (κ3) is 0.331. The Bertz CT molecular complexity index is 192. The van der Waals surface area contributed by atoms with Crippen LogP contribution in [0.3, 0.4) is 0 Å². The van der Waals surface area contributed by atoms with Gasteiger partial charge in [-0.25, -0.2) is 0 Å². The van der Waals surface area contributed by atoms with Gasteiger partial charge < -0.3 is 0 Å². The molecule has 0 nitrogen and oxygen atoms in total. The largest absolute Gasteiger partial charge is 0.0848 e. The van der Waals surface area contributed by atoms with Gasteiger partial charge in [0.2, 0.25) is 0 Å². The average molecular weight is 120 g/mol. The molecule has 0 heterocycles. The van der Waals surface area contributed by atoms with Crippen molar-refractivity contribution in [3.8, 4) is 0 Å². The third-order valence-corrected chi connectivity index (χ3v) is 3.83. The van der Waals surface area contributed by atoms with Gasteiger partial charge in [0, 0.05) is 0 Å². The van der Waals surface area contributed by atoms with Crippen molar-refractivity contribution in [3.63, 3.8) is 0 Å². The maximum atomic E-state index is 2.46. The van der Waals surface area contributed by atoms with Gasteiger partial charge in [-0.05, 0) is 36.0 Å². The van der Waals surface area contributed by atoms with Crippen LogP contribution in [0, 0.1) is 23.2 Å². The van der Waals surface area contributed by atoms with Crippen LogP contribution in [0.15, 0.2) is 12.2 Å². The molecule has 2 bridgehead atoms. The van der Waals surface area contributed by atoms with E-state index in [0.717, 1.165) is 23.2 Å². The molecule has 3 aliphatic rings.